The zero-order valence-corrected chi connectivity index (χ0v) is 13.0. The number of hydrogen-bond donors (Lipinski definition) is 8. The SMILES string of the molecule is CO[C@H]1[C@H](O)[C@@H](N)[C@@H](OC2[C@@H](O)[C@H](O)C(O)[C@@H](O)[C@H]2O)O[C@@H]1CO. The predicted molar refractivity (Wildman–Crippen MR) is 75.4 cm³/mol. The highest BCUT2D eigenvalue weighted by atomic mass is 16.7. The van der Waals surface area contributed by atoms with Gasteiger partial charge in [0.05, 0.1) is 12.6 Å². The number of aliphatic hydroxyl groups is 7. The first kappa shape index (κ1) is 19.9. The first-order chi connectivity index (χ1) is 11.2. The van der Waals surface area contributed by atoms with Crippen molar-refractivity contribution in [3.05, 3.63) is 0 Å². The molecule has 0 spiro atoms. The van der Waals surface area contributed by atoms with Gasteiger partial charge >= 0.3 is 0 Å². The highest BCUT2D eigenvalue weighted by Gasteiger charge is 2.52. The number of aliphatic hydroxyl groups excluding tert-OH is 7. The summed E-state index contributed by atoms with van der Waals surface area (Å²) in [5.74, 6) is 0. The van der Waals surface area contributed by atoms with Crippen LogP contribution in [0.25, 0.3) is 0 Å². The molecular formula is C13H25NO10. The Bertz CT molecular complexity index is 396. The molecule has 2 rings (SSSR count). The van der Waals surface area contributed by atoms with Gasteiger partial charge in [-0.3, -0.25) is 0 Å². The average molecular weight is 355 g/mol. The number of methoxy groups -OCH3 is 1. The monoisotopic (exact) mass is 355 g/mol. The number of rotatable bonds is 4. The van der Waals surface area contributed by atoms with Crippen molar-refractivity contribution in [3.63, 3.8) is 0 Å². The number of hydrogen-bond acceptors (Lipinski definition) is 11. The standard InChI is InChI=1S/C13H25NO10/c1-22-11-3(2-15)23-13(4(14)5(11)16)24-12-9(20)7(18)6(17)8(19)10(12)21/h3-13,15-21H,2,14H2,1H3/t3-,4-,5-,6?,7-,8-,9-,10+,11-,12?,13-/m1/s1. The van der Waals surface area contributed by atoms with Gasteiger partial charge < -0.3 is 55.7 Å². The fourth-order valence-electron chi connectivity index (χ4n) is 3.01. The van der Waals surface area contributed by atoms with Crippen LogP contribution in [0.4, 0.5) is 0 Å². The molecule has 2 unspecified atom stereocenters. The zero-order valence-electron chi connectivity index (χ0n) is 13.0. The van der Waals surface area contributed by atoms with E-state index < -0.39 is 73.9 Å². The summed E-state index contributed by atoms with van der Waals surface area (Å²) >= 11 is 0. The lowest BCUT2D eigenvalue weighted by Crippen LogP contribution is -2.68. The van der Waals surface area contributed by atoms with Crippen LogP contribution in [0.15, 0.2) is 0 Å². The molecule has 0 amide bonds. The second-order valence-corrected chi connectivity index (χ2v) is 6.05. The summed E-state index contributed by atoms with van der Waals surface area (Å²) in [4.78, 5) is 0. The molecule has 142 valence electrons. The number of nitrogens with two attached hydrogens (primary N) is 1. The van der Waals surface area contributed by atoms with Gasteiger partial charge in [0.25, 0.3) is 0 Å². The van der Waals surface area contributed by atoms with Crippen molar-refractivity contribution in [3.8, 4) is 0 Å². The molecule has 11 atom stereocenters. The zero-order chi connectivity index (χ0) is 18.2. The molecule has 1 saturated heterocycles. The van der Waals surface area contributed by atoms with Gasteiger partial charge in [-0.1, -0.05) is 0 Å². The maximum Gasteiger partial charge on any atom is 0.176 e. The van der Waals surface area contributed by atoms with Crippen LogP contribution in [0.1, 0.15) is 0 Å². The fourth-order valence-corrected chi connectivity index (χ4v) is 3.01. The average Bonchev–Trinajstić information content (AvgIpc) is 2.58. The third kappa shape index (κ3) is 3.43. The summed E-state index contributed by atoms with van der Waals surface area (Å²) in [6.07, 6.45) is -14.8. The quantitative estimate of drug-likeness (QED) is 0.240. The van der Waals surface area contributed by atoms with E-state index in [1.165, 1.54) is 7.11 Å². The van der Waals surface area contributed by atoms with Crippen molar-refractivity contribution >= 4 is 0 Å². The van der Waals surface area contributed by atoms with Crippen LogP contribution < -0.4 is 5.73 Å². The van der Waals surface area contributed by atoms with E-state index in [1.54, 1.807) is 0 Å². The Morgan fingerprint density at radius 1 is 0.833 bits per heavy atom. The van der Waals surface area contributed by atoms with Crippen LogP contribution in [0, 0.1) is 0 Å². The van der Waals surface area contributed by atoms with Crippen LogP contribution in [0.5, 0.6) is 0 Å². The van der Waals surface area contributed by atoms with Gasteiger partial charge in [0.2, 0.25) is 0 Å². The molecule has 2 aliphatic rings. The Kier molecular flexibility index (Phi) is 6.50. The van der Waals surface area contributed by atoms with Crippen LogP contribution in [0.2, 0.25) is 0 Å². The summed E-state index contributed by atoms with van der Waals surface area (Å²) < 4.78 is 15.8. The molecule has 0 bridgehead atoms. The molecule has 0 aromatic rings. The van der Waals surface area contributed by atoms with Crippen LogP contribution in [-0.4, -0.2) is 117 Å². The van der Waals surface area contributed by atoms with Crippen molar-refractivity contribution in [2.75, 3.05) is 13.7 Å². The Balaban J connectivity index is 2.14. The lowest BCUT2D eigenvalue weighted by Gasteiger charge is -2.46. The minimum absolute atomic E-state index is 0.512. The van der Waals surface area contributed by atoms with E-state index in [0.717, 1.165) is 0 Å². The van der Waals surface area contributed by atoms with Gasteiger partial charge in [-0.2, -0.15) is 0 Å². The normalized spacial score (nSPS) is 53.1. The Labute approximate surface area is 137 Å². The second-order valence-electron chi connectivity index (χ2n) is 6.05. The lowest BCUT2D eigenvalue weighted by atomic mass is 9.84. The summed E-state index contributed by atoms with van der Waals surface area (Å²) in [6, 6.07) is -1.15. The molecular weight excluding hydrogens is 330 g/mol. The van der Waals surface area contributed by atoms with E-state index in [1.807, 2.05) is 0 Å². The highest BCUT2D eigenvalue weighted by Crippen LogP contribution is 2.29. The van der Waals surface area contributed by atoms with E-state index in [9.17, 15) is 35.7 Å². The minimum atomic E-state index is -1.77. The van der Waals surface area contributed by atoms with Crippen molar-refractivity contribution in [2.45, 2.75) is 67.3 Å². The van der Waals surface area contributed by atoms with Gasteiger partial charge in [-0.05, 0) is 0 Å². The molecule has 1 aliphatic heterocycles. The van der Waals surface area contributed by atoms with Crippen molar-refractivity contribution < 1.29 is 50.0 Å². The summed E-state index contributed by atoms with van der Waals surface area (Å²) in [5, 5.41) is 68.3. The Morgan fingerprint density at radius 2 is 1.33 bits per heavy atom. The fraction of sp³-hybridized carbons (Fsp3) is 1.00. The summed E-state index contributed by atoms with van der Waals surface area (Å²) in [7, 11) is 1.30. The molecule has 11 nitrogen and oxygen atoms in total. The van der Waals surface area contributed by atoms with E-state index in [4.69, 9.17) is 19.9 Å². The van der Waals surface area contributed by atoms with E-state index in [0.29, 0.717) is 0 Å². The van der Waals surface area contributed by atoms with Gasteiger partial charge in [-0.15, -0.1) is 0 Å². The van der Waals surface area contributed by atoms with Crippen molar-refractivity contribution in [1.82, 2.24) is 0 Å². The highest BCUT2D eigenvalue weighted by molar-refractivity contribution is 5.01. The maximum absolute atomic E-state index is 10.1. The van der Waals surface area contributed by atoms with Gasteiger partial charge in [0, 0.05) is 7.11 Å². The van der Waals surface area contributed by atoms with Gasteiger partial charge in [0.1, 0.15) is 54.9 Å². The Hall–Kier alpha value is -0.440. The molecule has 1 saturated carbocycles. The van der Waals surface area contributed by atoms with Crippen LogP contribution in [0.3, 0.4) is 0 Å². The van der Waals surface area contributed by atoms with E-state index in [2.05, 4.69) is 0 Å². The Morgan fingerprint density at radius 3 is 1.79 bits per heavy atom. The molecule has 0 aromatic carbocycles. The van der Waals surface area contributed by atoms with Crippen LogP contribution >= 0.6 is 0 Å². The predicted octanol–water partition coefficient (Wildman–Crippen LogP) is -5.39. The molecule has 11 heteroatoms. The van der Waals surface area contributed by atoms with Crippen LogP contribution in [-0.2, 0) is 14.2 Å². The molecule has 9 N–H and O–H groups in total. The van der Waals surface area contributed by atoms with E-state index >= 15 is 0 Å². The smallest absolute Gasteiger partial charge is 0.176 e. The molecule has 0 radical (unpaired) electrons. The molecule has 2 fully saturated rings. The third-order valence-corrected chi connectivity index (χ3v) is 4.54. The number of ether oxygens (including phenoxy) is 3. The maximum atomic E-state index is 10.1. The topological polar surface area (TPSA) is 195 Å². The first-order valence-corrected chi connectivity index (χ1v) is 7.53. The van der Waals surface area contributed by atoms with Crippen molar-refractivity contribution in [2.24, 2.45) is 5.73 Å². The van der Waals surface area contributed by atoms with Gasteiger partial charge in [-0.25, -0.2) is 0 Å². The first-order valence-electron chi connectivity index (χ1n) is 7.53. The lowest BCUT2D eigenvalue weighted by molar-refractivity contribution is -0.318. The second kappa shape index (κ2) is 7.85. The minimum Gasteiger partial charge on any atom is -0.394 e. The molecule has 1 heterocycles. The molecule has 24 heavy (non-hydrogen) atoms. The van der Waals surface area contributed by atoms with Crippen molar-refractivity contribution in [1.29, 1.82) is 0 Å². The van der Waals surface area contributed by atoms with E-state index in [-0.39, 0.29) is 0 Å². The third-order valence-electron chi connectivity index (χ3n) is 4.54. The summed E-state index contributed by atoms with van der Waals surface area (Å²) in [6.45, 7) is -0.512. The largest absolute Gasteiger partial charge is 0.394 e. The van der Waals surface area contributed by atoms with Gasteiger partial charge in [0.15, 0.2) is 6.29 Å². The molecule has 0 aromatic heterocycles. The molecule has 1 aliphatic carbocycles. The summed E-state index contributed by atoms with van der Waals surface area (Å²) in [5.41, 5.74) is 5.81.